The average molecular weight is 277 g/mol. The van der Waals surface area contributed by atoms with Crippen molar-refractivity contribution in [3.05, 3.63) is 27.9 Å². The lowest BCUT2D eigenvalue weighted by molar-refractivity contribution is -0.385. The minimum Gasteiger partial charge on any atom is -0.367 e. The van der Waals surface area contributed by atoms with E-state index in [1.165, 1.54) is 44.7 Å². The van der Waals surface area contributed by atoms with E-state index in [-0.39, 0.29) is 10.6 Å². The molecule has 1 heterocycles. The molecule has 1 saturated carbocycles. The molecule has 20 heavy (non-hydrogen) atoms. The Morgan fingerprint density at radius 1 is 1.40 bits per heavy atom. The van der Waals surface area contributed by atoms with Gasteiger partial charge in [0.15, 0.2) is 0 Å². The van der Waals surface area contributed by atoms with Gasteiger partial charge in [-0.3, -0.25) is 10.1 Å². The zero-order valence-electron chi connectivity index (χ0n) is 12.3. The van der Waals surface area contributed by atoms with Crippen LogP contribution in [0.2, 0.25) is 0 Å². The third-order valence-electron chi connectivity index (χ3n) is 4.18. The molecule has 0 radical (unpaired) electrons. The van der Waals surface area contributed by atoms with E-state index in [9.17, 15) is 10.1 Å². The minimum absolute atomic E-state index is 0.0854. The molecule has 0 bridgehead atoms. The van der Waals surface area contributed by atoms with Gasteiger partial charge in [0.25, 0.3) is 5.69 Å². The molecule has 0 atom stereocenters. The summed E-state index contributed by atoms with van der Waals surface area (Å²) in [6.45, 7) is 4.00. The van der Waals surface area contributed by atoms with Gasteiger partial charge >= 0.3 is 0 Å². The van der Waals surface area contributed by atoms with Crippen LogP contribution >= 0.6 is 0 Å². The zero-order chi connectivity index (χ0) is 14.5. The highest BCUT2D eigenvalue weighted by Gasteiger charge is 2.21. The lowest BCUT2D eigenvalue weighted by atomic mass is 9.83. The summed E-state index contributed by atoms with van der Waals surface area (Å²) in [5.41, 5.74) is 0.745. The van der Waals surface area contributed by atoms with Crippen molar-refractivity contribution in [3.63, 3.8) is 0 Å². The molecule has 0 aliphatic heterocycles. The van der Waals surface area contributed by atoms with Crippen LogP contribution in [0.25, 0.3) is 0 Å². The first-order valence-corrected chi connectivity index (χ1v) is 7.47. The number of hydrogen-bond acceptors (Lipinski definition) is 4. The second-order valence-electron chi connectivity index (χ2n) is 5.76. The van der Waals surface area contributed by atoms with Crippen LogP contribution in [0.4, 0.5) is 11.5 Å². The fraction of sp³-hybridized carbons (Fsp3) is 0.667. The fourth-order valence-electron chi connectivity index (χ4n) is 3.03. The summed E-state index contributed by atoms with van der Waals surface area (Å²) in [6, 6.07) is 2.23. The number of nitrogens with one attached hydrogen (secondary N) is 1. The van der Waals surface area contributed by atoms with Crippen LogP contribution < -0.4 is 5.32 Å². The lowest BCUT2D eigenvalue weighted by Gasteiger charge is -2.29. The predicted molar refractivity (Wildman–Crippen MR) is 79.9 cm³/mol. The van der Waals surface area contributed by atoms with Crippen molar-refractivity contribution in [2.45, 2.75) is 58.4 Å². The molecule has 5 heteroatoms. The van der Waals surface area contributed by atoms with Crippen molar-refractivity contribution < 1.29 is 4.92 Å². The number of anilines is 1. The highest BCUT2D eigenvalue weighted by Crippen LogP contribution is 2.29. The van der Waals surface area contributed by atoms with Crippen molar-refractivity contribution >= 4 is 11.5 Å². The smallest absolute Gasteiger partial charge is 0.290 e. The van der Waals surface area contributed by atoms with Gasteiger partial charge in [0.1, 0.15) is 12.0 Å². The SMILES string of the molecule is CCCC1CCC(Nc2cc(C)c([N+](=O)[O-])cn2)CC1. The number of rotatable bonds is 5. The molecule has 1 aliphatic carbocycles. The number of nitro groups is 1. The van der Waals surface area contributed by atoms with Gasteiger partial charge in [-0.05, 0) is 44.6 Å². The van der Waals surface area contributed by atoms with Crippen LogP contribution in [0.1, 0.15) is 51.0 Å². The number of aryl methyl sites for hydroxylation is 1. The summed E-state index contributed by atoms with van der Waals surface area (Å²) >= 11 is 0. The normalized spacial score (nSPS) is 22.5. The Morgan fingerprint density at radius 3 is 2.65 bits per heavy atom. The van der Waals surface area contributed by atoms with E-state index in [4.69, 9.17) is 0 Å². The Morgan fingerprint density at radius 2 is 2.10 bits per heavy atom. The summed E-state index contributed by atoms with van der Waals surface area (Å²) in [7, 11) is 0. The van der Waals surface area contributed by atoms with Crippen LogP contribution in [0.15, 0.2) is 12.3 Å². The molecule has 1 aromatic rings. The fourth-order valence-corrected chi connectivity index (χ4v) is 3.03. The summed E-state index contributed by atoms with van der Waals surface area (Å²) in [4.78, 5) is 14.5. The maximum Gasteiger partial charge on any atom is 0.290 e. The summed E-state index contributed by atoms with van der Waals surface area (Å²) < 4.78 is 0. The van der Waals surface area contributed by atoms with Crippen molar-refractivity contribution in [2.75, 3.05) is 5.32 Å². The standard InChI is InChI=1S/C15H23N3O2/c1-3-4-12-5-7-13(8-6-12)17-15-9-11(2)14(10-16-15)18(19)20/h9-10,12-13H,3-8H2,1-2H3,(H,16,17). The molecule has 2 rings (SSSR count). The summed E-state index contributed by atoms with van der Waals surface area (Å²) in [5, 5.41) is 14.2. The molecule has 110 valence electrons. The van der Waals surface area contributed by atoms with Gasteiger partial charge in [-0.25, -0.2) is 4.98 Å². The van der Waals surface area contributed by atoms with Gasteiger partial charge < -0.3 is 5.32 Å². The molecule has 1 fully saturated rings. The Labute approximate surface area is 119 Å². The molecular weight excluding hydrogens is 254 g/mol. The van der Waals surface area contributed by atoms with Crippen molar-refractivity contribution in [2.24, 2.45) is 5.92 Å². The van der Waals surface area contributed by atoms with Gasteiger partial charge in [-0.15, -0.1) is 0 Å². The minimum atomic E-state index is -0.387. The maximum atomic E-state index is 10.8. The van der Waals surface area contributed by atoms with Crippen molar-refractivity contribution in [1.29, 1.82) is 0 Å². The Bertz CT molecular complexity index is 468. The Kier molecular flexibility index (Phi) is 4.93. The number of hydrogen-bond donors (Lipinski definition) is 1. The van der Waals surface area contributed by atoms with E-state index in [2.05, 4.69) is 17.2 Å². The molecule has 1 N–H and O–H groups in total. The second-order valence-corrected chi connectivity index (χ2v) is 5.76. The lowest BCUT2D eigenvalue weighted by Crippen LogP contribution is -2.26. The van der Waals surface area contributed by atoms with Gasteiger partial charge in [-0.2, -0.15) is 0 Å². The molecule has 5 nitrogen and oxygen atoms in total. The molecule has 1 aliphatic rings. The Balaban J connectivity index is 1.91. The maximum absolute atomic E-state index is 10.8. The van der Waals surface area contributed by atoms with E-state index in [0.717, 1.165) is 11.7 Å². The highest BCUT2D eigenvalue weighted by atomic mass is 16.6. The first kappa shape index (κ1) is 14.8. The molecule has 0 spiro atoms. The van der Waals surface area contributed by atoms with E-state index in [0.29, 0.717) is 11.6 Å². The van der Waals surface area contributed by atoms with E-state index < -0.39 is 0 Å². The number of nitrogens with zero attached hydrogens (tertiary/aromatic N) is 2. The van der Waals surface area contributed by atoms with Crippen molar-refractivity contribution in [1.82, 2.24) is 4.98 Å². The molecule has 0 saturated heterocycles. The van der Waals surface area contributed by atoms with Crippen LogP contribution in [0, 0.1) is 23.0 Å². The quantitative estimate of drug-likeness (QED) is 0.650. The topological polar surface area (TPSA) is 68.1 Å². The summed E-state index contributed by atoms with van der Waals surface area (Å²) in [6.07, 6.45) is 8.84. The Hall–Kier alpha value is -1.65. The van der Waals surface area contributed by atoms with Crippen LogP contribution in [0.3, 0.4) is 0 Å². The largest absolute Gasteiger partial charge is 0.367 e. The predicted octanol–water partition coefficient (Wildman–Crippen LogP) is 4.07. The van der Waals surface area contributed by atoms with E-state index in [1.807, 2.05) is 0 Å². The van der Waals surface area contributed by atoms with E-state index >= 15 is 0 Å². The molecule has 0 aromatic carbocycles. The monoisotopic (exact) mass is 277 g/mol. The first-order valence-electron chi connectivity index (χ1n) is 7.47. The number of aromatic nitrogens is 1. The molecule has 0 unspecified atom stereocenters. The van der Waals surface area contributed by atoms with Crippen LogP contribution in [0.5, 0.6) is 0 Å². The van der Waals surface area contributed by atoms with Gasteiger partial charge in [0.2, 0.25) is 0 Å². The van der Waals surface area contributed by atoms with Gasteiger partial charge in [0.05, 0.1) is 4.92 Å². The summed E-state index contributed by atoms with van der Waals surface area (Å²) in [5.74, 6) is 1.64. The average Bonchev–Trinajstić information content (AvgIpc) is 2.41. The molecule has 1 aromatic heterocycles. The highest BCUT2D eigenvalue weighted by molar-refractivity contribution is 5.47. The number of pyridine rings is 1. The van der Waals surface area contributed by atoms with Crippen LogP contribution in [-0.4, -0.2) is 15.9 Å². The third-order valence-corrected chi connectivity index (χ3v) is 4.18. The first-order chi connectivity index (χ1) is 9.60. The molecular formula is C15H23N3O2. The van der Waals surface area contributed by atoms with Gasteiger partial charge in [0, 0.05) is 11.6 Å². The van der Waals surface area contributed by atoms with E-state index in [1.54, 1.807) is 13.0 Å². The van der Waals surface area contributed by atoms with Crippen LogP contribution in [-0.2, 0) is 0 Å². The van der Waals surface area contributed by atoms with Crippen molar-refractivity contribution in [3.8, 4) is 0 Å². The molecule has 0 amide bonds. The second kappa shape index (κ2) is 6.68. The van der Waals surface area contributed by atoms with Gasteiger partial charge in [-0.1, -0.05) is 19.8 Å². The zero-order valence-corrected chi connectivity index (χ0v) is 12.3. The third kappa shape index (κ3) is 3.68.